The van der Waals surface area contributed by atoms with Crippen molar-refractivity contribution in [3.8, 4) is 0 Å². The SMILES string of the molecule is C=CC(C)C(O)OCC1(COCc2ccccc2)CCC(=O)O1. The van der Waals surface area contributed by atoms with Crippen LogP contribution in [0, 0.1) is 5.92 Å². The number of hydrogen-bond acceptors (Lipinski definition) is 5. The van der Waals surface area contributed by atoms with Crippen molar-refractivity contribution in [2.45, 2.75) is 38.3 Å². The fourth-order valence-electron chi connectivity index (χ4n) is 2.35. The first-order chi connectivity index (χ1) is 11.0. The number of esters is 1. The van der Waals surface area contributed by atoms with Gasteiger partial charge in [-0.05, 0) is 5.56 Å². The Balaban J connectivity index is 1.88. The minimum absolute atomic E-state index is 0.104. The molecule has 2 rings (SSSR count). The van der Waals surface area contributed by atoms with Crippen molar-refractivity contribution in [3.63, 3.8) is 0 Å². The molecule has 0 aliphatic carbocycles. The van der Waals surface area contributed by atoms with Gasteiger partial charge in [-0.2, -0.15) is 0 Å². The van der Waals surface area contributed by atoms with Crippen molar-refractivity contribution in [2.24, 2.45) is 5.92 Å². The highest BCUT2D eigenvalue weighted by Crippen LogP contribution is 2.28. The summed E-state index contributed by atoms with van der Waals surface area (Å²) in [6.45, 7) is 6.21. The third kappa shape index (κ3) is 5.16. The lowest BCUT2D eigenvalue weighted by atomic mass is 10.0. The predicted molar refractivity (Wildman–Crippen MR) is 85.5 cm³/mol. The van der Waals surface area contributed by atoms with Crippen molar-refractivity contribution in [3.05, 3.63) is 48.6 Å². The third-order valence-corrected chi connectivity index (χ3v) is 3.93. The Hall–Kier alpha value is -1.69. The number of aliphatic hydroxyl groups excluding tert-OH is 1. The molecule has 5 nitrogen and oxygen atoms in total. The molecule has 1 aliphatic heterocycles. The van der Waals surface area contributed by atoms with Crippen molar-refractivity contribution < 1.29 is 24.1 Å². The van der Waals surface area contributed by atoms with Gasteiger partial charge in [0.25, 0.3) is 0 Å². The molecule has 3 atom stereocenters. The van der Waals surface area contributed by atoms with Gasteiger partial charge >= 0.3 is 5.97 Å². The number of carbonyl (C=O) groups is 1. The van der Waals surface area contributed by atoms with Crippen molar-refractivity contribution in [1.29, 1.82) is 0 Å². The molecule has 1 aliphatic rings. The van der Waals surface area contributed by atoms with E-state index in [9.17, 15) is 9.90 Å². The zero-order chi connectivity index (χ0) is 16.7. The van der Waals surface area contributed by atoms with Gasteiger partial charge in [-0.1, -0.05) is 43.3 Å². The number of rotatable bonds is 9. The minimum atomic E-state index is -0.974. The van der Waals surface area contributed by atoms with Gasteiger partial charge in [0.05, 0.1) is 19.8 Å². The standard InChI is InChI=1S/C18H24O5/c1-3-14(2)17(20)22-13-18(10-9-16(19)23-18)12-21-11-15-7-5-4-6-8-15/h3-8,14,17,20H,1,9-13H2,2H3. The van der Waals surface area contributed by atoms with E-state index in [1.165, 1.54) is 0 Å². The molecular weight excluding hydrogens is 296 g/mol. The molecule has 23 heavy (non-hydrogen) atoms. The number of aliphatic hydroxyl groups is 1. The summed E-state index contributed by atoms with van der Waals surface area (Å²) in [5, 5.41) is 9.89. The lowest BCUT2D eigenvalue weighted by Crippen LogP contribution is -2.41. The van der Waals surface area contributed by atoms with E-state index < -0.39 is 11.9 Å². The molecule has 1 aromatic carbocycles. The molecule has 0 amide bonds. The van der Waals surface area contributed by atoms with Gasteiger partial charge in [0.2, 0.25) is 0 Å². The molecule has 1 fully saturated rings. The molecule has 0 spiro atoms. The largest absolute Gasteiger partial charge is 0.454 e. The van der Waals surface area contributed by atoms with Gasteiger partial charge in [0, 0.05) is 18.8 Å². The Bertz CT molecular complexity index is 515. The van der Waals surface area contributed by atoms with Gasteiger partial charge in [-0.15, -0.1) is 6.58 Å². The zero-order valence-electron chi connectivity index (χ0n) is 13.4. The van der Waals surface area contributed by atoms with Crippen LogP contribution in [0.15, 0.2) is 43.0 Å². The van der Waals surface area contributed by atoms with Crippen LogP contribution in [-0.2, 0) is 25.6 Å². The summed E-state index contributed by atoms with van der Waals surface area (Å²) in [5.74, 6) is -0.461. The maximum Gasteiger partial charge on any atom is 0.306 e. The molecule has 1 N–H and O–H groups in total. The van der Waals surface area contributed by atoms with Crippen LogP contribution in [0.5, 0.6) is 0 Å². The normalized spacial score (nSPS) is 23.3. The summed E-state index contributed by atoms with van der Waals surface area (Å²) in [7, 11) is 0. The van der Waals surface area contributed by atoms with Crippen LogP contribution in [0.25, 0.3) is 0 Å². The van der Waals surface area contributed by atoms with Crippen LogP contribution in [0.3, 0.4) is 0 Å². The second-order valence-corrected chi connectivity index (χ2v) is 5.93. The number of carbonyl (C=O) groups excluding carboxylic acids is 1. The second kappa shape index (κ2) is 8.24. The van der Waals surface area contributed by atoms with Crippen LogP contribution >= 0.6 is 0 Å². The Morgan fingerprint density at radius 2 is 2.13 bits per heavy atom. The lowest BCUT2D eigenvalue weighted by Gasteiger charge is -2.29. The Labute approximate surface area is 136 Å². The molecule has 0 bridgehead atoms. The highest BCUT2D eigenvalue weighted by molar-refractivity contribution is 5.72. The Morgan fingerprint density at radius 3 is 2.74 bits per heavy atom. The first-order valence-corrected chi connectivity index (χ1v) is 7.80. The third-order valence-electron chi connectivity index (χ3n) is 3.93. The van der Waals surface area contributed by atoms with E-state index in [1.807, 2.05) is 30.3 Å². The topological polar surface area (TPSA) is 65.0 Å². The molecule has 5 heteroatoms. The Kier molecular flexibility index (Phi) is 6.33. The quantitative estimate of drug-likeness (QED) is 0.430. The average molecular weight is 320 g/mol. The van der Waals surface area contributed by atoms with Gasteiger partial charge < -0.3 is 19.3 Å². The smallest absolute Gasteiger partial charge is 0.306 e. The molecule has 1 saturated heterocycles. The van der Waals surface area contributed by atoms with E-state index in [-0.39, 0.29) is 25.1 Å². The number of ether oxygens (including phenoxy) is 3. The maximum absolute atomic E-state index is 11.5. The zero-order valence-corrected chi connectivity index (χ0v) is 13.4. The van der Waals surface area contributed by atoms with Crippen LogP contribution in [0.2, 0.25) is 0 Å². The fraction of sp³-hybridized carbons (Fsp3) is 0.500. The summed E-state index contributed by atoms with van der Waals surface area (Å²) >= 11 is 0. The van der Waals surface area contributed by atoms with E-state index >= 15 is 0 Å². The Morgan fingerprint density at radius 1 is 1.39 bits per heavy atom. The number of benzene rings is 1. The minimum Gasteiger partial charge on any atom is -0.454 e. The van der Waals surface area contributed by atoms with Gasteiger partial charge in [-0.25, -0.2) is 0 Å². The van der Waals surface area contributed by atoms with Crippen molar-refractivity contribution >= 4 is 5.97 Å². The van der Waals surface area contributed by atoms with Crippen LogP contribution in [0.1, 0.15) is 25.3 Å². The second-order valence-electron chi connectivity index (χ2n) is 5.93. The highest BCUT2D eigenvalue weighted by atomic mass is 16.6. The van der Waals surface area contributed by atoms with Gasteiger partial charge in [0.15, 0.2) is 11.9 Å². The molecule has 126 valence electrons. The summed E-state index contributed by atoms with van der Waals surface area (Å²) in [6.07, 6.45) is 1.50. The highest BCUT2D eigenvalue weighted by Gasteiger charge is 2.42. The summed E-state index contributed by atoms with van der Waals surface area (Å²) in [6, 6.07) is 9.78. The molecule has 3 unspecified atom stereocenters. The number of cyclic esters (lactones) is 1. The van der Waals surface area contributed by atoms with Crippen LogP contribution in [-0.4, -0.2) is 36.2 Å². The lowest BCUT2D eigenvalue weighted by molar-refractivity contribution is -0.188. The molecule has 0 aromatic heterocycles. The molecule has 1 heterocycles. The first-order valence-electron chi connectivity index (χ1n) is 7.80. The number of hydrogen-bond donors (Lipinski definition) is 1. The molecule has 0 saturated carbocycles. The molecule has 1 aromatic rings. The average Bonchev–Trinajstić information content (AvgIpc) is 2.94. The fourth-order valence-corrected chi connectivity index (χ4v) is 2.35. The van der Waals surface area contributed by atoms with Crippen molar-refractivity contribution in [1.82, 2.24) is 0 Å². The summed E-state index contributed by atoms with van der Waals surface area (Å²) in [5.41, 5.74) is 0.224. The van der Waals surface area contributed by atoms with E-state index in [0.29, 0.717) is 19.4 Å². The summed E-state index contributed by atoms with van der Waals surface area (Å²) in [4.78, 5) is 11.5. The van der Waals surface area contributed by atoms with Gasteiger partial charge in [-0.3, -0.25) is 4.79 Å². The van der Waals surface area contributed by atoms with Gasteiger partial charge in [0.1, 0.15) is 0 Å². The van der Waals surface area contributed by atoms with E-state index in [0.717, 1.165) is 5.56 Å². The molecular formula is C18H24O5. The first kappa shape index (κ1) is 17.7. The van der Waals surface area contributed by atoms with E-state index in [4.69, 9.17) is 14.2 Å². The van der Waals surface area contributed by atoms with Crippen LogP contribution in [0.4, 0.5) is 0 Å². The van der Waals surface area contributed by atoms with Crippen LogP contribution < -0.4 is 0 Å². The maximum atomic E-state index is 11.5. The van der Waals surface area contributed by atoms with Crippen molar-refractivity contribution in [2.75, 3.05) is 13.2 Å². The van der Waals surface area contributed by atoms with E-state index in [2.05, 4.69) is 6.58 Å². The molecule has 0 radical (unpaired) electrons. The monoisotopic (exact) mass is 320 g/mol. The van der Waals surface area contributed by atoms with E-state index in [1.54, 1.807) is 13.0 Å². The predicted octanol–water partition coefficient (Wildman–Crippen LogP) is 2.44. The summed E-state index contributed by atoms with van der Waals surface area (Å²) < 4.78 is 16.6.